The lowest BCUT2D eigenvalue weighted by Crippen LogP contribution is -1.86. The van der Waals surface area contributed by atoms with Crippen molar-refractivity contribution >= 4 is 23.1 Å². The summed E-state index contributed by atoms with van der Waals surface area (Å²) in [4.78, 5) is 4.58. The van der Waals surface area contributed by atoms with Crippen LogP contribution in [0.2, 0.25) is 0 Å². The van der Waals surface area contributed by atoms with E-state index in [-0.39, 0.29) is 0 Å². The van der Waals surface area contributed by atoms with Crippen molar-refractivity contribution in [2.24, 2.45) is 0 Å². The number of benzene rings is 1. The molecular formula is C16H13NO2. The molecule has 0 radical (unpaired) electrons. The summed E-state index contributed by atoms with van der Waals surface area (Å²) < 4.78 is 10.2. The standard InChI is InChI=1S/C16H13NO2/c1-18-15-6-7-16-13(10-15)3-5-14(17-16)4-2-12-8-9-19-11-12/h2-11H,1H3/b4-2+. The maximum absolute atomic E-state index is 5.20. The molecule has 0 saturated carbocycles. The Bertz CT molecular complexity index is 715. The third-order valence-electron chi connectivity index (χ3n) is 2.91. The Morgan fingerprint density at radius 2 is 2.05 bits per heavy atom. The van der Waals surface area contributed by atoms with E-state index in [1.165, 1.54) is 0 Å². The van der Waals surface area contributed by atoms with Crippen LogP contribution in [0.5, 0.6) is 5.75 Å². The molecule has 0 unspecified atom stereocenters. The lowest BCUT2D eigenvalue weighted by atomic mass is 10.2. The smallest absolute Gasteiger partial charge is 0.119 e. The molecule has 0 saturated heterocycles. The molecule has 3 nitrogen and oxygen atoms in total. The van der Waals surface area contributed by atoms with Crippen molar-refractivity contribution in [2.45, 2.75) is 0 Å². The average molecular weight is 251 g/mol. The summed E-state index contributed by atoms with van der Waals surface area (Å²) in [5, 5.41) is 1.07. The van der Waals surface area contributed by atoms with Crippen LogP contribution in [-0.2, 0) is 0 Å². The van der Waals surface area contributed by atoms with Crippen molar-refractivity contribution in [3.05, 3.63) is 60.2 Å². The number of pyridine rings is 1. The second-order valence-corrected chi connectivity index (χ2v) is 4.18. The Morgan fingerprint density at radius 1 is 1.11 bits per heavy atom. The van der Waals surface area contributed by atoms with E-state index in [1.807, 2.05) is 48.6 Å². The number of methoxy groups -OCH3 is 1. The molecule has 2 heterocycles. The molecule has 3 heteroatoms. The molecule has 0 aliphatic rings. The minimum absolute atomic E-state index is 0.844. The number of hydrogen-bond acceptors (Lipinski definition) is 3. The number of furan rings is 1. The van der Waals surface area contributed by atoms with Gasteiger partial charge in [0.05, 0.1) is 30.8 Å². The highest BCUT2D eigenvalue weighted by Crippen LogP contribution is 2.20. The fourth-order valence-corrected chi connectivity index (χ4v) is 1.89. The first-order valence-electron chi connectivity index (χ1n) is 6.00. The van der Waals surface area contributed by atoms with Gasteiger partial charge in [-0.25, -0.2) is 4.98 Å². The summed E-state index contributed by atoms with van der Waals surface area (Å²) in [5.41, 5.74) is 2.89. The molecule has 0 aliphatic heterocycles. The van der Waals surface area contributed by atoms with E-state index in [4.69, 9.17) is 9.15 Å². The highest BCUT2D eigenvalue weighted by atomic mass is 16.5. The summed E-state index contributed by atoms with van der Waals surface area (Å²) in [5.74, 6) is 0.844. The second-order valence-electron chi connectivity index (χ2n) is 4.18. The summed E-state index contributed by atoms with van der Waals surface area (Å²) in [6, 6.07) is 11.8. The van der Waals surface area contributed by atoms with Gasteiger partial charge >= 0.3 is 0 Å². The topological polar surface area (TPSA) is 35.3 Å². The van der Waals surface area contributed by atoms with E-state index in [1.54, 1.807) is 19.6 Å². The number of rotatable bonds is 3. The first-order valence-corrected chi connectivity index (χ1v) is 6.00. The van der Waals surface area contributed by atoms with Gasteiger partial charge in [-0.3, -0.25) is 0 Å². The first kappa shape index (κ1) is 11.5. The Balaban J connectivity index is 1.93. The van der Waals surface area contributed by atoms with Gasteiger partial charge in [0.15, 0.2) is 0 Å². The van der Waals surface area contributed by atoms with Crippen molar-refractivity contribution in [1.82, 2.24) is 4.98 Å². The molecule has 0 amide bonds. The second kappa shape index (κ2) is 4.98. The summed E-state index contributed by atoms with van der Waals surface area (Å²) >= 11 is 0. The van der Waals surface area contributed by atoms with Crippen LogP contribution >= 0.6 is 0 Å². The molecule has 1 aromatic carbocycles. The number of fused-ring (bicyclic) bond motifs is 1. The molecular weight excluding hydrogens is 238 g/mol. The third-order valence-corrected chi connectivity index (χ3v) is 2.91. The largest absolute Gasteiger partial charge is 0.497 e. The maximum atomic E-state index is 5.20. The van der Waals surface area contributed by atoms with Gasteiger partial charge in [-0.1, -0.05) is 6.07 Å². The van der Waals surface area contributed by atoms with E-state index >= 15 is 0 Å². The van der Waals surface area contributed by atoms with Gasteiger partial charge in [0, 0.05) is 10.9 Å². The zero-order valence-corrected chi connectivity index (χ0v) is 10.5. The number of ether oxygens (including phenoxy) is 1. The third kappa shape index (κ3) is 2.50. The van der Waals surface area contributed by atoms with E-state index in [9.17, 15) is 0 Å². The van der Waals surface area contributed by atoms with Crippen LogP contribution in [-0.4, -0.2) is 12.1 Å². The fourth-order valence-electron chi connectivity index (χ4n) is 1.89. The van der Waals surface area contributed by atoms with Gasteiger partial charge < -0.3 is 9.15 Å². The zero-order valence-electron chi connectivity index (χ0n) is 10.5. The summed E-state index contributed by atoms with van der Waals surface area (Å²) in [7, 11) is 1.66. The first-order chi connectivity index (χ1) is 9.35. The van der Waals surface area contributed by atoms with Crippen LogP contribution in [0.4, 0.5) is 0 Å². The maximum Gasteiger partial charge on any atom is 0.119 e. The number of aromatic nitrogens is 1. The molecule has 0 atom stereocenters. The molecule has 2 aromatic heterocycles. The molecule has 3 aromatic rings. The van der Waals surface area contributed by atoms with Gasteiger partial charge in [0.1, 0.15) is 5.75 Å². The van der Waals surface area contributed by atoms with Crippen molar-refractivity contribution in [1.29, 1.82) is 0 Å². The van der Waals surface area contributed by atoms with Crippen molar-refractivity contribution < 1.29 is 9.15 Å². The van der Waals surface area contributed by atoms with Crippen molar-refractivity contribution in [2.75, 3.05) is 7.11 Å². The molecule has 0 fully saturated rings. The van der Waals surface area contributed by atoms with E-state index in [2.05, 4.69) is 4.98 Å². The molecule has 19 heavy (non-hydrogen) atoms. The highest BCUT2D eigenvalue weighted by molar-refractivity contribution is 5.82. The van der Waals surface area contributed by atoms with Gasteiger partial charge in [-0.2, -0.15) is 0 Å². The molecule has 0 aliphatic carbocycles. The summed E-state index contributed by atoms with van der Waals surface area (Å²) in [6.07, 6.45) is 7.29. The van der Waals surface area contributed by atoms with Gasteiger partial charge in [0.25, 0.3) is 0 Å². The summed E-state index contributed by atoms with van der Waals surface area (Å²) in [6.45, 7) is 0. The zero-order chi connectivity index (χ0) is 13.1. The minimum Gasteiger partial charge on any atom is -0.497 e. The molecule has 3 rings (SSSR count). The van der Waals surface area contributed by atoms with Gasteiger partial charge in [-0.05, 0) is 42.5 Å². The monoisotopic (exact) mass is 251 g/mol. The van der Waals surface area contributed by atoms with Crippen LogP contribution in [0, 0.1) is 0 Å². The van der Waals surface area contributed by atoms with E-state index in [0.717, 1.165) is 27.9 Å². The molecule has 0 N–H and O–H groups in total. The Kier molecular flexibility index (Phi) is 3.02. The lowest BCUT2D eigenvalue weighted by Gasteiger charge is -2.02. The Hall–Kier alpha value is -2.55. The predicted octanol–water partition coefficient (Wildman–Crippen LogP) is 4.01. The quantitative estimate of drug-likeness (QED) is 0.705. The Labute approximate surface area is 111 Å². The van der Waals surface area contributed by atoms with E-state index in [0.29, 0.717) is 0 Å². The van der Waals surface area contributed by atoms with Crippen LogP contribution in [0.3, 0.4) is 0 Å². The van der Waals surface area contributed by atoms with Crippen LogP contribution in [0.1, 0.15) is 11.3 Å². The molecule has 94 valence electrons. The number of hydrogen-bond donors (Lipinski definition) is 0. The van der Waals surface area contributed by atoms with Crippen molar-refractivity contribution in [3.8, 4) is 5.75 Å². The fraction of sp³-hybridized carbons (Fsp3) is 0.0625. The van der Waals surface area contributed by atoms with Crippen LogP contribution < -0.4 is 4.74 Å². The normalized spacial score (nSPS) is 11.2. The highest BCUT2D eigenvalue weighted by Gasteiger charge is 1.98. The SMILES string of the molecule is COc1ccc2nc(/C=C/c3ccoc3)ccc2c1. The lowest BCUT2D eigenvalue weighted by molar-refractivity contribution is 0.415. The van der Waals surface area contributed by atoms with Crippen LogP contribution in [0.15, 0.2) is 53.3 Å². The van der Waals surface area contributed by atoms with Crippen LogP contribution in [0.25, 0.3) is 23.1 Å². The average Bonchev–Trinajstić information content (AvgIpc) is 2.97. The molecule has 0 bridgehead atoms. The molecule has 0 spiro atoms. The van der Waals surface area contributed by atoms with Gasteiger partial charge in [-0.15, -0.1) is 0 Å². The predicted molar refractivity (Wildman–Crippen MR) is 75.9 cm³/mol. The van der Waals surface area contributed by atoms with Gasteiger partial charge in [0.2, 0.25) is 0 Å². The van der Waals surface area contributed by atoms with Crippen molar-refractivity contribution in [3.63, 3.8) is 0 Å². The minimum atomic E-state index is 0.844. The van der Waals surface area contributed by atoms with E-state index < -0.39 is 0 Å². The number of nitrogens with zero attached hydrogens (tertiary/aromatic N) is 1. The Morgan fingerprint density at radius 3 is 2.84 bits per heavy atom.